The van der Waals surface area contributed by atoms with Crippen molar-refractivity contribution in [3.8, 4) is 51.0 Å². The highest BCUT2D eigenvalue weighted by molar-refractivity contribution is 5.65. The van der Waals surface area contributed by atoms with Gasteiger partial charge >= 0.3 is 0 Å². The van der Waals surface area contributed by atoms with Gasteiger partial charge in [0.2, 0.25) is 24.2 Å². The van der Waals surface area contributed by atoms with Crippen molar-refractivity contribution in [1.82, 2.24) is 43.1 Å². The maximum atomic E-state index is 12.2. The highest BCUT2D eigenvalue weighted by atomic mass is 19.1. The molecule has 11 rings (SSSR count). The van der Waals surface area contributed by atoms with Gasteiger partial charge in [-0.15, -0.1) is 0 Å². The number of anilines is 3. The molecule has 6 aromatic heterocycles. The zero-order valence-electron chi connectivity index (χ0n) is 34.3. The second-order valence-electron chi connectivity index (χ2n) is 14.9. The van der Waals surface area contributed by atoms with Crippen LogP contribution in [-0.2, 0) is 0 Å². The predicted molar refractivity (Wildman–Crippen MR) is 238 cm³/mol. The Hall–Kier alpha value is -7.82. The van der Waals surface area contributed by atoms with Crippen LogP contribution in [0.5, 0.6) is 17.2 Å². The number of alkyl halides is 2. The second-order valence-corrected chi connectivity index (χ2v) is 14.9. The molecule has 6 heterocycles. The standard InChI is InChI=1S/C17H17FN4O.C15H14N4O.C14H13FN4O/c18-7-9-23-14-3-1-2-12(10-14)15-11-22-8-6-16(19-13-4-5-13)21-17(22)20-15;20-12-3-1-2-10(8-12)13-9-19-7-6-14(16-11-4-5-11)18-15(19)17-13;1-16-13-6-7-19-8-12(17-14(19)18-13)10-2-4-11(5-3-10)20-9-15/h1-3,6,8,10-11,13H,4-5,7,9H2,(H,19,20,21);1-3,6-9,11,20H,4-5H2,(H,16,17,18);2-8H,9H2,1H3,(H,16,17,18). The lowest BCUT2D eigenvalue weighted by molar-refractivity contribution is 0.192. The van der Waals surface area contributed by atoms with Gasteiger partial charge in [-0.2, -0.15) is 15.0 Å². The first-order valence-electron chi connectivity index (χ1n) is 20.6. The zero-order chi connectivity index (χ0) is 43.1. The van der Waals surface area contributed by atoms with Crippen molar-refractivity contribution in [2.75, 3.05) is 43.1 Å². The molecule has 0 saturated heterocycles. The average Bonchev–Trinajstić information content (AvgIpc) is 4.17. The van der Waals surface area contributed by atoms with Crippen LogP contribution in [0, 0.1) is 0 Å². The molecule has 0 radical (unpaired) electrons. The van der Waals surface area contributed by atoms with E-state index in [0.29, 0.717) is 40.9 Å². The van der Waals surface area contributed by atoms with E-state index in [9.17, 15) is 13.9 Å². The quantitative estimate of drug-likeness (QED) is 0.0873. The number of nitrogens with one attached hydrogen (secondary N) is 3. The molecule has 9 aromatic rings. The van der Waals surface area contributed by atoms with Crippen LogP contribution in [0.3, 0.4) is 0 Å². The fourth-order valence-corrected chi connectivity index (χ4v) is 6.56. The van der Waals surface area contributed by atoms with E-state index in [0.717, 1.165) is 51.2 Å². The molecule has 4 N–H and O–H groups in total. The van der Waals surface area contributed by atoms with Gasteiger partial charge < -0.3 is 30.5 Å². The first-order valence-corrected chi connectivity index (χ1v) is 20.6. The molecule has 0 atom stereocenters. The maximum absolute atomic E-state index is 12.2. The summed E-state index contributed by atoms with van der Waals surface area (Å²) >= 11 is 0. The number of fused-ring (bicyclic) bond motifs is 3. The normalized spacial score (nSPS) is 13.2. The number of rotatable bonds is 13. The van der Waals surface area contributed by atoms with Gasteiger partial charge in [0.15, 0.2) is 0 Å². The Morgan fingerprint density at radius 1 is 0.571 bits per heavy atom. The van der Waals surface area contributed by atoms with Crippen molar-refractivity contribution in [1.29, 1.82) is 0 Å². The van der Waals surface area contributed by atoms with E-state index in [1.165, 1.54) is 25.7 Å². The summed E-state index contributed by atoms with van der Waals surface area (Å²) in [6, 6.07) is 28.6. The van der Waals surface area contributed by atoms with Gasteiger partial charge in [0.1, 0.15) is 48.0 Å². The first-order chi connectivity index (χ1) is 30.9. The minimum atomic E-state index is -0.829. The molecule has 17 heteroatoms. The van der Waals surface area contributed by atoms with E-state index in [1.54, 1.807) is 24.3 Å². The van der Waals surface area contributed by atoms with Crippen molar-refractivity contribution in [3.05, 3.63) is 128 Å². The number of phenolic OH excluding ortho intramolecular Hbond substituents is 1. The fraction of sp³-hybridized carbons (Fsp3) is 0.217. The van der Waals surface area contributed by atoms with Gasteiger partial charge in [0.25, 0.3) is 0 Å². The molecule has 0 amide bonds. The summed E-state index contributed by atoms with van der Waals surface area (Å²) < 4.78 is 40.0. The Labute approximate surface area is 360 Å². The highest BCUT2D eigenvalue weighted by Gasteiger charge is 2.22. The van der Waals surface area contributed by atoms with Crippen LogP contribution < -0.4 is 25.4 Å². The summed E-state index contributed by atoms with van der Waals surface area (Å²) in [5, 5.41) is 19.2. The van der Waals surface area contributed by atoms with Gasteiger partial charge in [-0.3, -0.25) is 13.2 Å². The van der Waals surface area contributed by atoms with Gasteiger partial charge in [-0.1, -0.05) is 24.3 Å². The Morgan fingerprint density at radius 3 is 1.59 bits per heavy atom. The number of hydrogen-bond donors (Lipinski definition) is 4. The summed E-state index contributed by atoms with van der Waals surface area (Å²) in [5.41, 5.74) is 5.14. The summed E-state index contributed by atoms with van der Waals surface area (Å²) in [7, 11) is 1.81. The minimum Gasteiger partial charge on any atom is -0.508 e. The predicted octanol–water partition coefficient (Wildman–Crippen LogP) is 8.74. The number of phenols is 1. The summed E-state index contributed by atoms with van der Waals surface area (Å²) in [5.74, 6) is 5.80. The maximum Gasteiger partial charge on any atom is 0.236 e. The molecule has 0 bridgehead atoms. The number of hydrogen-bond acceptors (Lipinski definition) is 12. The number of halogens is 2. The van der Waals surface area contributed by atoms with Crippen molar-refractivity contribution in [2.24, 2.45) is 0 Å². The van der Waals surface area contributed by atoms with Crippen LogP contribution in [0.15, 0.2) is 128 Å². The van der Waals surface area contributed by atoms with Gasteiger partial charge in [0.05, 0.1) is 17.1 Å². The van der Waals surface area contributed by atoms with E-state index in [4.69, 9.17) is 9.47 Å². The SMILES string of the molecule is CNc1ccn2cc(-c3ccc(OCF)cc3)nc2n1.FCCOc1cccc(-c2cn3ccc(NC4CC4)nc3n2)c1.Oc1cccc(-c2cn3ccc(NC4CC4)nc3n2)c1. The smallest absolute Gasteiger partial charge is 0.236 e. The van der Waals surface area contributed by atoms with E-state index in [2.05, 4.69) is 45.9 Å². The molecule has 2 saturated carbocycles. The molecule has 2 aliphatic carbocycles. The molecule has 0 spiro atoms. The lowest BCUT2D eigenvalue weighted by Crippen LogP contribution is -2.03. The number of ether oxygens (including phenoxy) is 2. The lowest BCUT2D eigenvalue weighted by atomic mass is 10.1. The van der Waals surface area contributed by atoms with E-state index < -0.39 is 13.5 Å². The minimum absolute atomic E-state index is 0.0619. The molecule has 15 nitrogen and oxygen atoms in total. The van der Waals surface area contributed by atoms with E-state index in [1.807, 2.05) is 124 Å². The van der Waals surface area contributed by atoms with Crippen LogP contribution in [0.1, 0.15) is 25.7 Å². The molecule has 3 aromatic carbocycles. The van der Waals surface area contributed by atoms with E-state index in [-0.39, 0.29) is 12.4 Å². The molecular formula is C46H44F2N12O3. The van der Waals surface area contributed by atoms with Gasteiger partial charge in [-0.05, 0) is 92.4 Å². The van der Waals surface area contributed by atoms with E-state index >= 15 is 0 Å². The topological polar surface area (TPSA) is 165 Å². The zero-order valence-corrected chi connectivity index (χ0v) is 34.3. The summed E-state index contributed by atoms with van der Waals surface area (Å²) in [6.07, 6.45) is 16.4. The largest absolute Gasteiger partial charge is 0.508 e. The Bertz CT molecular complexity index is 2960. The molecule has 0 aliphatic heterocycles. The van der Waals surface area contributed by atoms with Crippen LogP contribution >= 0.6 is 0 Å². The number of aromatic hydroxyl groups is 1. The number of benzene rings is 3. The second kappa shape index (κ2) is 18.4. The summed E-state index contributed by atoms with van der Waals surface area (Å²) in [4.78, 5) is 26.9. The third kappa shape index (κ3) is 10.2. The number of imidazole rings is 3. The molecular weight excluding hydrogens is 807 g/mol. The average molecular weight is 851 g/mol. The molecule has 0 unspecified atom stereocenters. The van der Waals surface area contributed by atoms with Gasteiger partial charge in [0, 0.05) is 73.0 Å². The third-order valence-electron chi connectivity index (χ3n) is 10.1. The summed E-state index contributed by atoms with van der Waals surface area (Å²) in [6.45, 7) is -1.27. The molecule has 2 fully saturated rings. The van der Waals surface area contributed by atoms with Crippen LogP contribution in [-0.4, -0.2) is 87.5 Å². The van der Waals surface area contributed by atoms with Crippen molar-refractivity contribution >= 4 is 34.8 Å². The molecule has 63 heavy (non-hydrogen) atoms. The van der Waals surface area contributed by atoms with Crippen molar-refractivity contribution in [3.63, 3.8) is 0 Å². The van der Waals surface area contributed by atoms with Crippen LogP contribution in [0.4, 0.5) is 26.2 Å². The Kier molecular flexibility index (Phi) is 11.9. The van der Waals surface area contributed by atoms with Crippen LogP contribution in [0.25, 0.3) is 51.1 Å². The lowest BCUT2D eigenvalue weighted by Gasteiger charge is -2.04. The molecule has 320 valence electrons. The van der Waals surface area contributed by atoms with Crippen molar-refractivity contribution in [2.45, 2.75) is 37.8 Å². The van der Waals surface area contributed by atoms with Crippen LogP contribution in [0.2, 0.25) is 0 Å². The monoisotopic (exact) mass is 850 g/mol. The van der Waals surface area contributed by atoms with Gasteiger partial charge in [-0.25, -0.2) is 23.7 Å². The third-order valence-corrected chi connectivity index (χ3v) is 10.1. The number of aromatic nitrogens is 9. The Morgan fingerprint density at radius 2 is 1.08 bits per heavy atom. The fourth-order valence-electron chi connectivity index (χ4n) is 6.56. The molecule has 2 aliphatic rings. The first kappa shape index (κ1) is 40.6. The Balaban J connectivity index is 0.000000120. The van der Waals surface area contributed by atoms with Crippen molar-refractivity contribution < 1.29 is 23.4 Å². The highest BCUT2D eigenvalue weighted by Crippen LogP contribution is 2.28. The number of nitrogens with zero attached hydrogens (tertiary/aromatic N) is 9.